The van der Waals surface area contributed by atoms with Gasteiger partial charge >= 0.3 is 12.2 Å². The number of nitrogens with zero attached hydrogens (tertiary/aromatic N) is 5. The molecule has 12 rings (SSSR count). The number of carbonyl (C=O) groups excluding carboxylic acids is 4. The first-order valence-electron chi connectivity index (χ1n) is 22.0. The smallest absolute Gasteiger partial charge is 0.407 e. The number of imidazole rings is 2. The van der Waals surface area contributed by atoms with Crippen LogP contribution in [0, 0.1) is 35.0 Å². The second-order valence-electron chi connectivity index (χ2n) is 19.1. The summed E-state index contributed by atoms with van der Waals surface area (Å²) in [6.07, 6.45) is 0.571. The van der Waals surface area contributed by atoms with E-state index < -0.39 is 24.3 Å². The van der Waals surface area contributed by atoms with Gasteiger partial charge in [-0.3, -0.25) is 9.59 Å². The molecule has 0 spiro atoms. The number of piperidine rings is 2. The maximum absolute atomic E-state index is 14.1. The Morgan fingerprint density at radius 1 is 0.683 bits per heavy atom. The van der Waals surface area contributed by atoms with Crippen LogP contribution in [-0.4, -0.2) is 97.1 Å². The molecule has 3 aliphatic heterocycles. The second-order valence-corrected chi connectivity index (χ2v) is 19.1. The van der Waals surface area contributed by atoms with Crippen molar-refractivity contribution in [3.05, 3.63) is 78.4 Å². The van der Waals surface area contributed by atoms with Gasteiger partial charge in [-0.05, 0) is 101 Å². The molecule has 3 saturated heterocycles. The van der Waals surface area contributed by atoms with Crippen molar-refractivity contribution < 1.29 is 28.7 Å². The van der Waals surface area contributed by atoms with Crippen molar-refractivity contribution in [2.24, 2.45) is 35.0 Å². The Balaban J connectivity index is 0.824. The zero-order valence-corrected chi connectivity index (χ0v) is 36.3. The van der Waals surface area contributed by atoms with Gasteiger partial charge in [0.05, 0.1) is 59.6 Å². The molecule has 3 aliphatic carbocycles. The minimum atomic E-state index is -0.690. The fourth-order valence-corrected chi connectivity index (χ4v) is 11.2. The lowest BCUT2D eigenvalue weighted by Gasteiger charge is -2.31. The van der Waals surface area contributed by atoms with Crippen molar-refractivity contribution in [2.75, 3.05) is 14.2 Å². The minimum absolute atomic E-state index is 0.0888. The molecular weight excluding hydrogens is 799 g/mol. The maximum atomic E-state index is 14.1. The summed E-state index contributed by atoms with van der Waals surface area (Å²) in [4.78, 5) is 78.3. The van der Waals surface area contributed by atoms with E-state index in [9.17, 15) is 19.2 Å². The summed E-state index contributed by atoms with van der Waals surface area (Å²) in [6, 6.07) is 21.3. The third-order valence-corrected chi connectivity index (χ3v) is 14.8. The van der Waals surface area contributed by atoms with Gasteiger partial charge in [0.1, 0.15) is 23.7 Å². The average molecular weight is 850 g/mol. The van der Waals surface area contributed by atoms with Gasteiger partial charge in [0.25, 0.3) is 0 Å². The Bertz CT molecular complexity index is 2910. The van der Waals surface area contributed by atoms with Crippen LogP contribution in [0.25, 0.3) is 55.4 Å². The number of likely N-dealkylation sites (tertiary alicyclic amines) is 1. The van der Waals surface area contributed by atoms with Crippen molar-refractivity contribution in [3.8, 4) is 22.4 Å². The number of pyridine rings is 1. The quantitative estimate of drug-likeness (QED) is 0.110. The number of H-pyrrole nitrogens is 2. The number of hydrogen-bond donors (Lipinski definition) is 4. The molecule has 324 valence electrons. The Kier molecular flexibility index (Phi) is 8.74. The largest absolute Gasteiger partial charge is 0.453 e. The van der Waals surface area contributed by atoms with Crippen LogP contribution >= 0.6 is 0 Å². The molecule has 1 unspecified atom stereocenters. The van der Waals surface area contributed by atoms with E-state index in [-0.39, 0.29) is 53.2 Å². The number of rotatable bonds is 10. The number of benzene rings is 3. The number of aromatic amines is 2. The van der Waals surface area contributed by atoms with Crippen molar-refractivity contribution in [2.45, 2.75) is 83.7 Å². The summed E-state index contributed by atoms with van der Waals surface area (Å²) < 4.78 is 9.66. The summed E-state index contributed by atoms with van der Waals surface area (Å²) in [5, 5.41) is 6.53. The summed E-state index contributed by atoms with van der Waals surface area (Å²) in [7, 11) is 2.61. The molecule has 4 N–H and O–H groups in total. The van der Waals surface area contributed by atoms with Crippen LogP contribution in [0.1, 0.15) is 71.2 Å². The molecule has 2 bridgehead atoms. The standard InChI is InChI=1S/C48H51N9O6/c1-21(2)38(54-46(60)62-6)44(58)56-34-19-27(34)20-35(56)42-50-30-15-11-26(18-33(30)52-42)29-13-10-25-16-23(8-12-28(25)49-29)24-9-14-31-32(17-24)53-43(51-31)40-36-37-41(48(36,37)5)57(40)45(59)39(22(3)4)55-47(61)63-7/h8-18,21-22,27,34-41H,19-20H2,1-7H3,(H,50,52)(H,51,53)(H,54,60)(H,55,61)/t27-,34-,35+,36?,37-,38+,39+,40+,41+,48-/m1/s1. The van der Waals surface area contributed by atoms with Gasteiger partial charge in [0.2, 0.25) is 11.8 Å². The number of nitrogens with one attached hydrogen (secondary N) is 4. The zero-order valence-electron chi connectivity index (χ0n) is 36.3. The first-order valence-corrected chi connectivity index (χ1v) is 22.0. The summed E-state index contributed by atoms with van der Waals surface area (Å²) in [5.74, 6) is 2.37. The lowest BCUT2D eigenvalue weighted by atomic mass is 10.0. The molecule has 63 heavy (non-hydrogen) atoms. The Morgan fingerprint density at radius 3 is 1.87 bits per heavy atom. The van der Waals surface area contributed by atoms with Crippen LogP contribution in [0.15, 0.2) is 66.7 Å². The number of amides is 4. The maximum Gasteiger partial charge on any atom is 0.407 e. The van der Waals surface area contributed by atoms with Gasteiger partial charge in [-0.25, -0.2) is 24.5 Å². The summed E-state index contributed by atoms with van der Waals surface area (Å²) in [6.45, 7) is 9.97. The Labute approximate surface area is 363 Å². The monoisotopic (exact) mass is 849 g/mol. The van der Waals surface area contributed by atoms with Gasteiger partial charge in [-0.15, -0.1) is 0 Å². The van der Waals surface area contributed by atoms with Crippen LogP contribution < -0.4 is 10.6 Å². The topological polar surface area (TPSA) is 188 Å². The Morgan fingerprint density at radius 2 is 1.24 bits per heavy atom. The van der Waals surface area contributed by atoms with E-state index in [0.717, 1.165) is 79.8 Å². The highest BCUT2D eigenvalue weighted by molar-refractivity contribution is 5.92. The molecule has 10 atom stereocenters. The molecule has 6 heterocycles. The van der Waals surface area contributed by atoms with Crippen molar-refractivity contribution in [3.63, 3.8) is 0 Å². The highest BCUT2D eigenvalue weighted by atomic mass is 16.5. The summed E-state index contributed by atoms with van der Waals surface area (Å²) in [5.41, 5.74) is 8.26. The molecular formula is C48H51N9O6. The number of ether oxygens (including phenoxy) is 2. The SMILES string of the molecule is COC(=O)N[C@H](C(=O)N1[C@H](c2nc3ccc(-c4ccc5nc(-c6ccc7nc([C@@H]8C[C@H]9C[C@H]9N8C(=O)[C@@H](NC(=O)OC)C(C)C)[nH]c7c6)ccc5c4)cc3[nH]2)C2[C@@H]3[C@H]1[C@]23C)C(C)C. The first kappa shape index (κ1) is 39.3. The van der Waals surface area contributed by atoms with Crippen LogP contribution in [0.5, 0.6) is 0 Å². The fourth-order valence-electron chi connectivity index (χ4n) is 11.2. The third kappa shape index (κ3) is 6.09. The lowest BCUT2D eigenvalue weighted by molar-refractivity contribution is -0.137. The van der Waals surface area contributed by atoms with E-state index in [4.69, 9.17) is 24.4 Å². The zero-order chi connectivity index (χ0) is 43.8. The van der Waals surface area contributed by atoms with E-state index >= 15 is 0 Å². The highest BCUT2D eigenvalue weighted by Gasteiger charge is 2.94. The predicted octanol–water partition coefficient (Wildman–Crippen LogP) is 7.26. The predicted molar refractivity (Wildman–Crippen MR) is 235 cm³/mol. The van der Waals surface area contributed by atoms with Gasteiger partial charge in [-0.1, -0.05) is 58.9 Å². The molecule has 3 saturated carbocycles. The van der Waals surface area contributed by atoms with Crippen LogP contribution in [0.4, 0.5) is 9.59 Å². The number of fused-ring (bicyclic) bond motifs is 5. The van der Waals surface area contributed by atoms with Crippen LogP contribution in [0.2, 0.25) is 0 Å². The first-order chi connectivity index (χ1) is 30.3. The average Bonchev–Trinajstić information content (AvgIpc) is 3.96. The molecule has 0 radical (unpaired) electrons. The fraction of sp³-hybridized carbons (Fsp3) is 0.438. The van der Waals surface area contributed by atoms with Gasteiger partial charge < -0.3 is 39.9 Å². The van der Waals surface area contributed by atoms with Gasteiger partial charge in [-0.2, -0.15) is 0 Å². The minimum Gasteiger partial charge on any atom is -0.453 e. The van der Waals surface area contributed by atoms with E-state index in [1.54, 1.807) is 0 Å². The highest BCUT2D eigenvalue weighted by Crippen LogP contribution is 2.90. The van der Waals surface area contributed by atoms with E-state index in [2.05, 4.69) is 63.9 Å². The number of aromatic nitrogens is 5. The van der Waals surface area contributed by atoms with Crippen molar-refractivity contribution in [1.82, 2.24) is 45.4 Å². The molecule has 6 fully saturated rings. The second kappa shape index (κ2) is 14.0. The lowest BCUT2D eigenvalue weighted by Crippen LogP contribution is -2.52. The van der Waals surface area contributed by atoms with E-state index in [1.807, 2.05) is 67.8 Å². The van der Waals surface area contributed by atoms with Gasteiger partial charge in [0.15, 0.2) is 0 Å². The molecule has 3 aromatic heterocycles. The normalized spacial score (nSPS) is 27.1. The van der Waals surface area contributed by atoms with Crippen LogP contribution in [-0.2, 0) is 19.1 Å². The molecule has 3 aromatic carbocycles. The molecule has 6 aromatic rings. The van der Waals surface area contributed by atoms with Crippen LogP contribution in [0.3, 0.4) is 0 Å². The van der Waals surface area contributed by atoms with E-state index in [1.165, 1.54) is 14.2 Å². The van der Waals surface area contributed by atoms with Crippen molar-refractivity contribution in [1.29, 1.82) is 0 Å². The molecule has 4 amide bonds. The van der Waals surface area contributed by atoms with E-state index in [0.29, 0.717) is 17.8 Å². The molecule has 6 aliphatic rings. The molecule has 15 heteroatoms. The Hall–Kier alpha value is -6.51. The number of hydrogen-bond acceptors (Lipinski definition) is 9. The van der Waals surface area contributed by atoms with Gasteiger partial charge in [0, 0.05) is 23.0 Å². The summed E-state index contributed by atoms with van der Waals surface area (Å²) >= 11 is 0. The number of carbonyl (C=O) groups is 4. The molecule has 15 nitrogen and oxygen atoms in total. The van der Waals surface area contributed by atoms with Crippen molar-refractivity contribution >= 4 is 57.0 Å². The number of alkyl carbamates (subject to hydrolysis) is 2. The third-order valence-electron chi connectivity index (χ3n) is 14.8. The number of methoxy groups -OCH3 is 2.